The third-order valence-electron chi connectivity index (χ3n) is 2.60. The van der Waals surface area contributed by atoms with Crippen molar-refractivity contribution in [3.05, 3.63) is 12.7 Å². The number of hydrogen-bond donors (Lipinski definition) is 1. The van der Waals surface area contributed by atoms with Gasteiger partial charge in [-0.1, -0.05) is 6.08 Å². The minimum absolute atomic E-state index is 0.558. The Morgan fingerprint density at radius 2 is 2.54 bits per heavy atom. The molecule has 3 heteroatoms. The van der Waals surface area contributed by atoms with E-state index in [1.165, 1.54) is 20.0 Å². The van der Waals surface area contributed by atoms with Crippen LogP contribution in [0.1, 0.15) is 19.3 Å². The smallest absolute Gasteiger partial charge is 0.166 e. The Bertz CT molecular complexity index is 161. The van der Waals surface area contributed by atoms with E-state index >= 15 is 0 Å². The predicted octanol–water partition coefficient (Wildman–Crippen LogP) is 0.992. The van der Waals surface area contributed by atoms with Crippen LogP contribution in [0.15, 0.2) is 12.7 Å². The van der Waals surface area contributed by atoms with Gasteiger partial charge in [0.15, 0.2) is 6.29 Å². The lowest BCUT2D eigenvalue weighted by Crippen LogP contribution is -2.36. The first-order valence-electron chi connectivity index (χ1n) is 4.83. The number of rotatable bonds is 5. The van der Waals surface area contributed by atoms with Gasteiger partial charge in [0, 0.05) is 19.7 Å². The lowest BCUT2D eigenvalue weighted by molar-refractivity contribution is -0.0920. The highest BCUT2D eigenvalue weighted by Crippen LogP contribution is 2.20. The van der Waals surface area contributed by atoms with Gasteiger partial charge < -0.3 is 9.84 Å². The number of hydrogen-bond acceptors (Lipinski definition) is 3. The Hall–Kier alpha value is -0.380. The third kappa shape index (κ3) is 3.10. The maximum Gasteiger partial charge on any atom is 0.166 e. The van der Waals surface area contributed by atoms with Crippen LogP contribution in [0, 0.1) is 0 Å². The highest BCUT2D eigenvalue weighted by molar-refractivity contribution is 4.85. The molecule has 0 spiro atoms. The van der Waals surface area contributed by atoms with Crippen molar-refractivity contribution in [3.63, 3.8) is 0 Å². The Balaban J connectivity index is 2.34. The van der Waals surface area contributed by atoms with Gasteiger partial charge in [0.2, 0.25) is 0 Å². The molecule has 1 fully saturated rings. The summed E-state index contributed by atoms with van der Waals surface area (Å²) in [6, 6.07) is 0.558. The summed E-state index contributed by atoms with van der Waals surface area (Å²) >= 11 is 0. The second kappa shape index (κ2) is 5.37. The molecule has 76 valence electrons. The van der Waals surface area contributed by atoms with E-state index in [4.69, 9.17) is 4.74 Å². The fraction of sp³-hybridized carbons (Fsp3) is 0.800. The van der Waals surface area contributed by atoms with Crippen LogP contribution in [0.2, 0.25) is 0 Å². The molecule has 3 nitrogen and oxygen atoms in total. The van der Waals surface area contributed by atoms with Gasteiger partial charge in [0.25, 0.3) is 0 Å². The molecule has 13 heavy (non-hydrogen) atoms. The normalized spacial score (nSPS) is 26.2. The SMILES string of the molecule is C=CC[C@@H]1CCCN1CC(O)OC. The van der Waals surface area contributed by atoms with Crippen molar-refractivity contribution >= 4 is 0 Å². The molecule has 0 aliphatic carbocycles. The van der Waals surface area contributed by atoms with Gasteiger partial charge in [-0.2, -0.15) is 0 Å². The average molecular weight is 185 g/mol. The number of aliphatic hydroxyl groups excluding tert-OH is 1. The molecule has 0 aromatic rings. The fourth-order valence-corrected chi connectivity index (χ4v) is 1.87. The second-order valence-electron chi connectivity index (χ2n) is 3.51. The summed E-state index contributed by atoms with van der Waals surface area (Å²) in [5, 5.41) is 9.31. The number of methoxy groups -OCH3 is 1. The zero-order valence-corrected chi connectivity index (χ0v) is 8.28. The summed E-state index contributed by atoms with van der Waals surface area (Å²) in [4.78, 5) is 2.27. The van der Waals surface area contributed by atoms with Gasteiger partial charge in [-0.05, 0) is 25.8 Å². The molecule has 0 saturated carbocycles. The molecule has 0 aromatic carbocycles. The van der Waals surface area contributed by atoms with E-state index < -0.39 is 6.29 Å². The van der Waals surface area contributed by atoms with Crippen molar-refractivity contribution in [1.82, 2.24) is 4.90 Å². The summed E-state index contributed by atoms with van der Waals surface area (Å²) in [6.07, 6.45) is 4.74. The summed E-state index contributed by atoms with van der Waals surface area (Å²) in [5.74, 6) is 0. The van der Waals surface area contributed by atoms with Crippen LogP contribution in [0.4, 0.5) is 0 Å². The van der Waals surface area contributed by atoms with Crippen LogP contribution in [-0.4, -0.2) is 42.5 Å². The van der Waals surface area contributed by atoms with Crippen molar-refractivity contribution < 1.29 is 9.84 Å². The summed E-state index contributed by atoms with van der Waals surface area (Å²) in [6.45, 7) is 5.43. The van der Waals surface area contributed by atoms with Crippen molar-refractivity contribution in [2.45, 2.75) is 31.6 Å². The van der Waals surface area contributed by atoms with Crippen LogP contribution in [0.25, 0.3) is 0 Å². The Morgan fingerprint density at radius 3 is 3.15 bits per heavy atom. The molecule has 0 radical (unpaired) electrons. The average Bonchev–Trinajstić information content (AvgIpc) is 2.54. The van der Waals surface area contributed by atoms with Crippen LogP contribution in [-0.2, 0) is 4.74 Å². The number of β-amino-alcohol motifs (C(OH)–C–C–N with tert-alkyl or cyclic N) is 1. The predicted molar refractivity (Wildman–Crippen MR) is 52.4 cm³/mol. The first kappa shape index (κ1) is 10.7. The van der Waals surface area contributed by atoms with Crippen LogP contribution in [0.3, 0.4) is 0 Å². The molecule has 1 heterocycles. The van der Waals surface area contributed by atoms with Crippen molar-refractivity contribution in [2.24, 2.45) is 0 Å². The molecule has 1 aliphatic rings. The highest BCUT2D eigenvalue weighted by atomic mass is 16.6. The maximum absolute atomic E-state index is 9.31. The zero-order valence-electron chi connectivity index (χ0n) is 8.28. The maximum atomic E-state index is 9.31. The minimum atomic E-state index is -0.648. The van der Waals surface area contributed by atoms with E-state index in [9.17, 15) is 5.11 Å². The Kier molecular flexibility index (Phi) is 4.42. The van der Waals surface area contributed by atoms with Crippen molar-refractivity contribution in [2.75, 3.05) is 20.2 Å². The lowest BCUT2D eigenvalue weighted by Gasteiger charge is -2.25. The second-order valence-corrected chi connectivity index (χ2v) is 3.51. The van der Waals surface area contributed by atoms with E-state index in [-0.39, 0.29) is 0 Å². The lowest BCUT2D eigenvalue weighted by atomic mass is 10.1. The Labute approximate surface area is 80.0 Å². The van der Waals surface area contributed by atoms with Crippen molar-refractivity contribution in [1.29, 1.82) is 0 Å². The quantitative estimate of drug-likeness (QED) is 0.512. The van der Waals surface area contributed by atoms with Gasteiger partial charge in [-0.25, -0.2) is 0 Å². The number of ether oxygens (including phenoxy) is 1. The fourth-order valence-electron chi connectivity index (χ4n) is 1.87. The highest BCUT2D eigenvalue weighted by Gasteiger charge is 2.24. The molecule has 1 N–H and O–H groups in total. The van der Waals surface area contributed by atoms with E-state index in [2.05, 4.69) is 11.5 Å². The van der Waals surface area contributed by atoms with E-state index in [0.29, 0.717) is 12.6 Å². The van der Waals surface area contributed by atoms with Crippen LogP contribution in [0.5, 0.6) is 0 Å². The molecule has 0 amide bonds. The largest absolute Gasteiger partial charge is 0.367 e. The zero-order chi connectivity index (χ0) is 9.68. The van der Waals surface area contributed by atoms with E-state index in [0.717, 1.165) is 13.0 Å². The van der Waals surface area contributed by atoms with Gasteiger partial charge in [0.05, 0.1) is 0 Å². The summed E-state index contributed by atoms with van der Waals surface area (Å²) in [5.41, 5.74) is 0. The van der Waals surface area contributed by atoms with Gasteiger partial charge in [-0.15, -0.1) is 6.58 Å². The molecule has 2 atom stereocenters. The molecule has 1 saturated heterocycles. The molecule has 1 aliphatic heterocycles. The van der Waals surface area contributed by atoms with Crippen molar-refractivity contribution in [3.8, 4) is 0 Å². The van der Waals surface area contributed by atoms with Crippen LogP contribution >= 0.6 is 0 Å². The van der Waals surface area contributed by atoms with E-state index in [1.54, 1.807) is 0 Å². The number of nitrogens with zero attached hydrogens (tertiary/aromatic N) is 1. The molecule has 0 aromatic heterocycles. The van der Waals surface area contributed by atoms with Crippen LogP contribution < -0.4 is 0 Å². The number of aliphatic hydroxyl groups is 1. The van der Waals surface area contributed by atoms with Gasteiger partial charge >= 0.3 is 0 Å². The standard InChI is InChI=1S/C10H19NO2/c1-3-5-9-6-4-7-11(9)8-10(12)13-2/h3,9-10,12H,1,4-8H2,2H3/t9-,10?/m1/s1. The van der Waals surface area contributed by atoms with E-state index in [1.807, 2.05) is 6.08 Å². The summed E-state index contributed by atoms with van der Waals surface area (Å²) in [7, 11) is 1.53. The summed E-state index contributed by atoms with van der Waals surface area (Å²) < 4.78 is 4.83. The molecular weight excluding hydrogens is 166 g/mol. The minimum Gasteiger partial charge on any atom is -0.367 e. The Morgan fingerprint density at radius 1 is 1.77 bits per heavy atom. The molecule has 0 bridgehead atoms. The monoisotopic (exact) mass is 185 g/mol. The number of likely N-dealkylation sites (tertiary alicyclic amines) is 1. The topological polar surface area (TPSA) is 32.7 Å². The first-order chi connectivity index (χ1) is 6.27. The first-order valence-corrected chi connectivity index (χ1v) is 4.83. The van der Waals surface area contributed by atoms with Gasteiger partial charge in [0.1, 0.15) is 0 Å². The third-order valence-corrected chi connectivity index (χ3v) is 2.60. The van der Waals surface area contributed by atoms with Gasteiger partial charge in [-0.3, -0.25) is 4.90 Å². The molecular formula is C10H19NO2. The molecule has 1 unspecified atom stereocenters. The molecule has 1 rings (SSSR count).